The maximum absolute atomic E-state index is 12.1. The third-order valence-corrected chi connectivity index (χ3v) is 5.35. The third-order valence-electron chi connectivity index (χ3n) is 4.59. The van der Waals surface area contributed by atoms with Gasteiger partial charge < -0.3 is 10.2 Å². The van der Waals surface area contributed by atoms with Gasteiger partial charge in [-0.15, -0.1) is 11.3 Å². The molecule has 134 valence electrons. The maximum Gasteiger partial charge on any atom is 0.321 e. The Morgan fingerprint density at radius 3 is 2.76 bits per heavy atom. The first kappa shape index (κ1) is 17.9. The van der Waals surface area contributed by atoms with Gasteiger partial charge in [-0.1, -0.05) is 37.3 Å². The van der Waals surface area contributed by atoms with Gasteiger partial charge in [-0.3, -0.25) is 5.32 Å². The number of carbonyl (C=O) groups is 1. The summed E-state index contributed by atoms with van der Waals surface area (Å²) in [5.74, 6) is 0.579. The van der Waals surface area contributed by atoms with Crippen molar-refractivity contribution in [2.45, 2.75) is 26.2 Å². The number of anilines is 1. The average Bonchev–Trinajstić information content (AvgIpc) is 3.11. The van der Waals surface area contributed by atoms with Crippen molar-refractivity contribution in [3.8, 4) is 11.3 Å². The van der Waals surface area contributed by atoms with E-state index in [1.54, 1.807) is 0 Å². The molecule has 1 aliphatic rings. The topological polar surface area (TPSA) is 57.3 Å². The van der Waals surface area contributed by atoms with Crippen molar-refractivity contribution in [3.63, 3.8) is 0 Å². The van der Waals surface area contributed by atoms with Crippen LogP contribution in [0, 0.1) is 5.92 Å². The molecule has 0 radical (unpaired) electrons. The first-order chi connectivity index (χ1) is 12.2. The highest BCUT2D eigenvalue weighted by Gasteiger charge is 2.19. The fourth-order valence-corrected chi connectivity index (χ4v) is 3.90. The minimum absolute atomic E-state index is 0.162. The number of thiazole rings is 1. The Morgan fingerprint density at radius 1 is 1.28 bits per heavy atom. The number of piperidine rings is 1. The molecule has 0 saturated carbocycles. The fraction of sp³-hybridized carbons (Fsp3) is 0.474. The molecule has 0 unspecified atom stereocenters. The molecular formula is C19H26N4OS. The Morgan fingerprint density at radius 2 is 2.04 bits per heavy atom. The zero-order valence-corrected chi connectivity index (χ0v) is 15.5. The van der Waals surface area contributed by atoms with Crippen molar-refractivity contribution >= 4 is 22.5 Å². The molecule has 0 aliphatic carbocycles. The molecule has 1 aromatic heterocycles. The van der Waals surface area contributed by atoms with Gasteiger partial charge in [0.1, 0.15) is 0 Å². The Balaban J connectivity index is 1.42. The van der Waals surface area contributed by atoms with Crippen molar-refractivity contribution in [1.29, 1.82) is 0 Å². The molecule has 6 heteroatoms. The number of urea groups is 1. The van der Waals surface area contributed by atoms with Crippen LogP contribution in [-0.2, 0) is 0 Å². The van der Waals surface area contributed by atoms with E-state index >= 15 is 0 Å². The number of carbonyl (C=O) groups excluding carboxylic acids is 1. The molecule has 0 atom stereocenters. The lowest BCUT2D eigenvalue weighted by atomic mass is 9.97. The Hall–Kier alpha value is -1.92. The standard InChI is InChI=1S/C19H26N4OS/c1-2-10-23-11-8-15(9-12-23)13-20-18(24)22-19-21-17(14-25-19)16-6-4-3-5-7-16/h3-7,14-15H,2,8-13H2,1H3,(H2,20,21,22,24). The van der Waals surface area contributed by atoms with Gasteiger partial charge >= 0.3 is 6.03 Å². The lowest BCUT2D eigenvalue weighted by Gasteiger charge is -2.31. The Kier molecular flexibility index (Phi) is 6.42. The number of nitrogens with one attached hydrogen (secondary N) is 2. The van der Waals surface area contributed by atoms with Gasteiger partial charge in [-0.25, -0.2) is 9.78 Å². The van der Waals surface area contributed by atoms with Crippen LogP contribution in [0.1, 0.15) is 26.2 Å². The predicted octanol–water partition coefficient (Wildman–Crippen LogP) is 4.05. The molecule has 1 aromatic carbocycles. The zero-order valence-electron chi connectivity index (χ0n) is 14.7. The summed E-state index contributed by atoms with van der Waals surface area (Å²) in [6.45, 7) is 6.44. The van der Waals surface area contributed by atoms with E-state index in [1.807, 2.05) is 35.7 Å². The highest BCUT2D eigenvalue weighted by molar-refractivity contribution is 7.14. The second-order valence-corrected chi connectivity index (χ2v) is 7.38. The van der Waals surface area contributed by atoms with E-state index < -0.39 is 0 Å². The fourth-order valence-electron chi connectivity index (χ4n) is 3.18. The van der Waals surface area contributed by atoms with Gasteiger partial charge in [-0.05, 0) is 44.8 Å². The van der Waals surface area contributed by atoms with Crippen LogP contribution in [0.25, 0.3) is 11.3 Å². The first-order valence-corrected chi connectivity index (χ1v) is 9.90. The summed E-state index contributed by atoms with van der Waals surface area (Å²) < 4.78 is 0. The van der Waals surface area contributed by atoms with E-state index in [0.717, 1.165) is 43.7 Å². The number of aromatic nitrogens is 1. The maximum atomic E-state index is 12.1. The molecule has 2 N–H and O–H groups in total. The van der Waals surface area contributed by atoms with Crippen LogP contribution >= 0.6 is 11.3 Å². The summed E-state index contributed by atoms with van der Waals surface area (Å²) in [5, 5.41) is 8.44. The molecule has 1 fully saturated rings. The van der Waals surface area contributed by atoms with Crippen LogP contribution in [0.2, 0.25) is 0 Å². The van der Waals surface area contributed by atoms with Gasteiger partial charge in [0.2, 0.25) is 0 Å². The zero-order chi connectivity index (χ0) is 17.5. The molecule has 2 aromatic rings. The van der Waals surface area contributed by atoms with Crippen molar-refractivity contribution in [2.24, 2.45) is 5.92 Å². The number of amides is 2. The molecule has 3 rings (SSSR count). The highest BCUT2D eigenvalue weighted by Crippen LogP contribution is 2.24. The van der Waals surface area contributed by atoms with E-state index in [-0.39, 0.29) is 6.03 Å². The molecule has 2 amide bonds. The highest BCUT2D eigenvalue weighted by atomic mass is 32.1. The summed E-state index contributed by atoms with van der Waals surface area (Å²) >= 11 is 1.45. The van der Waals surface area contributed by atoms with Crippen LogP contribution in [0.3, 0.4) is 0 Å². The summed E-state index contributed by atoms with van der Waals surface area (Å²) in [6, 6.07) is 9.83. The Bertz CT molecular complexity index is 665. The van der Waals surface area contributed by atoms with E-state index in [1.165, 1.54) is 24.3 Å². The summed E-state index contributed by atoms with van der Waals surface area (Å²) in [4.78, 5) is 19.1. The van der Waals surface area contributed by atoms with Crippen LogP contribution in [0.4, 0.5) is 9.93 Å². The SMILES string of the molecule is CCCN1CCC(CNC(=O)Nc2nc(-c3ccccc3)cs2)CC1. The normalized spacial score (nSPS) is 15.9. The summed E-state index contributed by atoms with van der Waals surface area (Å²) in [7, 11) is 0. The van der Waals surface area contributed by atoms with E-state index in [2.05, 4.69) is 27.4 Å². The molecule has 0 bridgehead atoms. The number of nitrogens with zero attached hydrogens (tertiary/aromatic N) is 2. The number of hydrogen-bond acceptors (Lipinski definition) is 4. The van der Waals surface area contributed by atoms with Gasteiger partial charge in [0.05, 0.1) is 5.69 Å². The molecule has 1 aliphatic heterocycles. The van der Waals surface area contributed by atoms with Crippen LogP contribution < -0.4 is 10.6 Å². The summed E-state index contributed by atoms with van der Waals surface area (Å²) in [6.07, 6.45) is 3.54. The molecule has 25 heavy (non-hydrogen) atoms. The second-order valence-electron chi connectivity index (χ2n) is 6.52. The molecular weight excluding hydrogens is 332 g/mol. The largest absolute Gasteiger partial charge is 0.338 e. The van der Waals surface area contributed by atoms with Crippen molar-refractivity contribution in [3.05, 3.63) is 35.7 Å². The number of benzene rings is 1. The van der Waals surface area contributed by atoms with Crippen LogP contribution in [0.5, 0.6) is 0 Å². The van der Waals surface area contributed by atoms with Crippen LogP contribution in [0.15, 0.2) is 35.7 Å². The smallest absolute Gasteiger partial charge is 0.321 e. The van der Waals surface area contributed by atoms with Gasteiger partial charge in [0, 0.05) is 17.5 Å². The number of likely N-dealkylation sites (tertiary alicyclic amines) is 1. The average molecular weight is 359 g/mol. The predicted molar refractivity (Wildman–Crippen MR) is 104 cm³/mol. The van der Waals surface area contributed by atoms with Crippen molar-refractivity contribution < 1.29 is 4.79 Å². The van der Waals surface area contributed by atoms with E-state index in [4.69, 9.17) is 0 Å². The van der Waals surface area contributed by atoms with E-state index in [9.17, 15) is 4.79 Å². The summed E-state index contributed by atoms with van der Waals surface area (Å²) in [5.41, 5.74) is 1.95. The molecule has 2 heterocycles. The van der Waals surface area contributed by atoms with Gasteiger partial charge in [-0.2, -0.15) is 0 Å². The first-order valence-electron chi connectivity index (χ1n) is 9.02. The molecule has 1 saturated heterocycles. The van der Waals surface area contributed by atoms with Gasteiger partial charge in [0.15, 0.2) is 5.13 Å². The van der Waals surface area contributed by atoms with Crippen molar-refractivity contribution in [1.82, 2.24) is 15.2 Å². The monoisotopic (exact) mass is 358 g/mol. The number of rotatable bonds is 6. The lowest BCUT2D eigenvalue weighted by molar-refractivity contribution is 0.182. The second kappa shape index (κ2) is 8.97. The minimum atomic E-state index is -0.162. The van der Waals surface area contributed by atoms with Gasteiger partial charge in [0.25, 0.3) is 0 Å². The third kappa shape index (κ3) is 5.28. The molecule has 0 spiro atoms. The lowest BCUT2D eigenvalue weighted by Crippen LogP contribution is -2.39. The number of hydrogen-bond donors (Lipinski definition) is 2. The van der Waals surface area contributed by atoms with E-state index in [0.29, 0.717) is 11.0 Å². The van der Waals surface area contributed by atoms with Crippen LogP contribution in [-0.4, -0.2) is 42.1 Å². The van der Waals surface area contributed by atoms with Crippen molar-refractivity contribution in [2.75, 3.05) is 31.5 Å². The minimum Gasteiger partial charge on any atom is -0.338 e. The Labute approximate surface area is 153 Å². The molecule has 5 nitrogen and oxygen atoms in total. The quantitative estimate of drug-likeness (QED) is 0.819.